The maximum atomic E-state index is 12.8. The number of alkyl halides is 3. The largest absolute Gasteiger partial charge is 0.573 e. The fourth-order valence-corrected chi connectivity index (χ4v) is 0.737. The van der Waals surface area contributed by atoms with Gasteiger partial charge in [0.25, 0.3) is 0 Å². The predicted molar refractivity (Wildman–Crippen MR) is 35.6 cm³/mol. The molecule has 0 aromatic carbocycles. The van der Waals surface area contributed by atoms with Crippen LogP contribution in [0.4, 0.5) is 22.0 Å². The Labute approximate surface area is 79.7 Å². The molecule has 1 aromatic rings. The molecule has 0 fully saturated rings. The van der Waals surface area contributed by atoms with Gasteiger partial charge in [0.15, 0.2) is 11.5 Å². The number of nitriles is 1. The molecule has 0 saturated heterocycles. The lowest BCUT2D eigenvalue weighted by Gasteiger charge is -2.10. The zero-order chi connectivity index (χ0) is 11.6. The summed E-state index contributed by atoms with van der Waals surface area (Å²) in [5.74, 6) is -5.10. The summed E-state index contributed by atoms with van der Waals surface area (Å²) in [6, 6.07) is 1.14. The maximum Gasteiger partial charge on any atom is 0.573 e. The Hall–Kier alpha value is -1.91. The smallest absolute Gasteiger partial charge is 0.399 e. The number of hydrogen-bond acceptors (Lipinski definition) is 3. The summed E-state index contributed by atoms with van der Waals surface area (Å²) in [6.45, 7) is 0. The van der Waals surface area contributed by atoms with E-state index in [9.17, 15) is 22.0 Å². The molecule has 1 aromatic heterocycles. The molecule has 0 amide bonds. The van der Waals surface area contributed by atoms with Crippen LogP contribution in [0.2, 0.25) is 0 Å². The van der Waals surface area contributed by atoms with E-state index in [0.717, 1.165) is 6.07 Å². The van der Waals surface area contributed by atoms with Crippen LogP contribution in [-0.2, 0) is 0 Å². The van der Waals surface area contributed by atoms with Gasteiger partial charge in [-0.15, -0.1) is 13.2 Å². The molecule has 1 heterocycles. The molecule has 0 atom stereocenters. The van der Waals surface area contributed by atoms with Gasteiger partial charge < -0.3 is 4.74 Å². The zero-order valence-corrected chi connectivity index (χ0v) is 6.77. The number of halogens is 5. The second kappa shape index (κ2) is 3.68. The van der Waals surface area contributed by atoms with Crippen LogP contribution < -0.4 is 4.74 Å². The molecule has 1 rings (SSSR count). The van der Waals surface area contributed by atoms with Crippen molar-refractivity contribution in [3.8, 4) is 11.8 Å². The summed E-state index contributed by atoms with van der Waals surface area (Å²) in [5.41, 5.74) is -0.980. The highest BCUT2D eigenvalue weighted by Gasteiger charge is 2.35. The Morgan fingerprint density at radius 1 is 1.33 bits per heavy atom. The second-order valence-corrected chi connectivity index (χ2v) is 2.26. The minimum atomic E-state index is -5.22. The summed E-state index contributed by atoms with van der Waals surface area (Å²) in [7, 11) is 0. The summed E-state index contributed by atoms with van der Waals surface area (Å²) in [4.78, 5) is 2.94. The average molecular weight is 224 g/mol. The lowest BCUT2D eigenvalue weighted by atomic mass is 10.3. The molecule has 15 heavy (non-hydrogen) atoms. The van der Waals surface area contributed by atoms with E-state index in [1.807, 2.05) is 0 Å². The molecule has 8 heteroatoms. The molecule has 0 aliphatic heterocycles. The Bertz CT molecular complexity index is 423. The number of ether oxygens (including phenoxy) is 1. The Kier molecular flexibility index (Phi) is 2.74. The molecule has 0 saturated carbocycles. The van der Waals surface area contributed by atoms with Gasteiger partial charge in [-0.3, -0.25) is 0 Å². The summed E-state index contributed by atoms with van der Waals surface area (Å²) in [6.07, 6.45) is -4.93. The normalized spacial score (nSPS) is 10.9. The van der Waals surface area contributed by atoms with E-state index >= 15 is 0 Å². The minimum absolute atomic E-state index is 0.289. The zero-order valence-electron chi connectivity index (χ0n) is 6.77. The first-order valence-electron chi connectivity index (χ1n) is 3.35. The number of hydrogen-bond donors (Lipinski definition) is 0. The van der Waals surface area contributed by atoms with Crippen molar-refractivity contribution in [2.45, 2.75) is 6.36 Å². The van der Waals surface area contributed by atoms with Gasteiger partial charge in [0.05, 0.1) is 6.20 Å². The second-order valence-electron chi connectivity index (χ2n) is 2.26. The van der Waals surface area contributed by atoms with Gasteiger partial charge in [0, 0.05) is 0 Å². The lowest BCUT2D eigenvalue weighted by molar-refractivity contribution is -0.275. The third kappa shape index (κ3) is 2.52. The topological polar surface area (TPSA) is 45.9 Å². The first-order valence-corrected chi connectivity index (χ1v) is 3.35. The van der Waals surface area contributed by atoms with Gasteiger partial charge >= 0.3 is 6.36 Å². The highest BCUT2D eigenvalue weighted by Crippen LogP contribution is 2.28. The monoisotopic (exact) mass is 224 g/mol. The highest BCUT2D eigenvalue weighted by atomic mass is 19.4. The number of pyridine rings is 1. The quantitative estimate of drug-likeness (QED) is 0.686. The number of rotatable bonds is 1. The lowest BCUT2D eigenvalue weighted by Crippen LogP contribution is -2.19. The predicted octanol–water partition coefficient (Wildman–Crippen LogP) is 2.13. The summed E-state index contributed by atoms with van der Waals surface area (Å²) < 4.78 is 63.6. The molecule has 0 aliphatic carbocycles. The van der Waals surface area contributed by atoms with Crippen LogP contribution in [0, 0.1) is 23.0 Å². The van der Waals surface area contributed by atoms with E-state index < -0.39 is 29.4 Å². The maximum absolute atomic E-state index is 12.8. The van der Waals surface area contributed by atoms with E-state index in [4.69, 9.17) is 5.26 Å². The van der Waals surface area contributed by atoms with E-state index in [0.29, 0.717) is 0 Å². The summed E-state index contributed by atoms with van der Waals surface area (Å²) >= 11 is 0. The molecule has 0 aliphatic rings. The van der Waals surface area contributed by atoms with Crippen molar-refractivity contribution < 1.29 is 26.7 Å². The van der Waals surface area contributed by atoms with Crippen molar-refractivity contribution in [2.24, 2.45) is 0 Å². The first kappa shape index (κ1) is 11.2. The average Bonchev–Trinajstić information content (AvgIpc) is 2.11. The fourth-order valence-electron chi connectivity index (χ4n) is 0.737. The van der Waals surface area contributed by atoms with Gasteiger partial charge in [-0.25, -0.2) is 9.37 Å². The van der Waals surface area contributed by atoms with Crippen molar-refractivity contribution >= 4 is 0 Å². The molecule has 0 unspecified atom stereocenters. The third-order valence-corrected chi connectivity index (χ3v) is 1.25. The van der Waals surface area contributed by atoms with Crippen LogP contribution >= 0.6 is 0 Å². The SMILES string of the molecule is N#Cc1ncc(F)c(F)c1OC(F)(F)F. The van der Waals surface area contributed by atoms with E-state index in [2.05, 4.69) is 9.72 Å². The number of nitrogens with zero attached hydrogens (tertiary/aromatic N) is 2. The van der Waals surface area contributed by atoms with Crippen LogP contribution in [0.25, 0.3) is 0 Å². The highest BCUT2D eigenvalue weighted by molar-refractivity contribution is 5.38. The van der Waals surface area contributed by atoms with Crippen molar-refractivity contribution in [2.75, 3.05) is 0 Å². The molecule has 80 valence electrons. The molecular weight excluding hydrogens is 223 g/mol. The molecule has 0 spiro atoms. The number of aromatic nitrogens is 1. The van der Waals surface area contributed by atoms with Crippen LogP contribution in [-0.4, -0.2) is 11.3 Å². The van der Waals surface area contributed by atoms with Crippen molar-refractivity contribution in [1.29, 1.82) is 5.26 Å². The van der Waals surface area contributed by atoms with Crippen LogP contribution in [0.1, 0.15) is 5.69 Å². The molecule has 0 N–H and O–H groups in total. The Morgan fingerprint density at radius 3 is 2.40 bits per heavy atom. The molecule has 3 nitrogen and oxygen atoms in total. The van der Waals surface area contributed by atoms with Gasteiger partial charge in [0.1, 0.15) is 6.07 Å². The molecule has 0 bridgehead atoms. The Balaban J connectivity index is 3.26. The first-order chi connectivity index (χ1) is 6.85. The Morgan fingerprint density at radius 2 is 1.93 bits per heavy atom. The van der Waals surface area contributed by atoms with Crippen molar-refractivity contribution in [3.63, 3.8) is 0 Å². The van der Waals surface area contributed by atoms with Crippen LogP contribution in [0.3, 0.4) is 0 Å². The minimum Gasteiger partial charge on any atom is -0.399 e. The van der Waals surface area contributed by atoms with E-state index in [1.54, 1.807) is 0 Å². The van der Waals surface area contributed by atoms with Crippen molar-refractivity contribution in [3.05, 3.63) is 23.5 Å². The fraction of sp³-hybridized carbons (Fsp3) is 0.143. The van der Waals surface area contributed by atoms with Gasteiger partial charge in [0.2, 0.25) is 11.6 Å². The summed E-state index contributed by atoms with van der Waals surface area (Å²) in [5, 5.41) is 8.28. The standard InChI is InChI=1S/C7HF5N2O/c8-3-2-14-4(1-13)6(5(3)9)15-7(10,11)12/h2H. The molecule has 0 radical (unpaired) electrons. The van der Waals surface area contributed by atoms with Crippen molar-refractivity contribution in [1.82, 2.24) is 4.98 Å². The van der Waals surface area contributed by atoms with Gasteiger partial charge in [-0.2, -0.15) is 9.65 Å². The van der Waals surface area contributed by atoms with E-state index in [-0.39, 0.29) is 6.20 Å². The van der Waals surface area contributed by atoms with E-state index in [1.165, 1.54) is 0 Å². The van der Waals surface area contributed by atoms with Crippen LogP contribution in [0.5, 0.6) is 5.75 Å². The van der Waals surface area contributed by atoms with Gasteiger partial charge in [-0.05, 0) is 0 Å². The third-order valence-electron chi connectivity index (χ3n) is 1.25. The van der Waals surface area contributed by atoms with Gasteiger partial charge in [-0.1, -0.05) is 0 Å². The molecular formula is C7HF5N2O. The van der Waals surface area contributed by atoms with Crippen LogP contribution in [0.15, 0.2) is 6.20 Å².